The van der Waals surface area contributed by atoms with E-state index in [4.69, 9.17) is 21.4 Å². The van der Waals surface area contributed by atoms with Crippen molar-refractivity contribution in [2.45, 2.75) is 57.0 Å². The predicted octanol–water partition coefficient (Wildman–Crippen LogP) is 2.51. The number of benzene rings is 2. The summed E-state index contributed by atoms with van der Waals surface area (Å²) in [6.45, 7) is 6.32. The predicted molar refractivity (Wildman–Crippen MR) is 213 cm³/mol. The number of phenolic OH excluding ortho intramolecular Hbond substituents is 1. The lowest BCUT2D eigenvalue weighted by Crippen LogP contribution is -2.47. The van der Waals surface area contributed by atoms with Gasteiger partial charge in [0.25, 0.3) is 5.91 Å². The molecule has 14 heteroatoms. The Morgan fingerprint density at radius 2 is 1.73 bits per heavy atom. The number of likely N-dealkylation sites (N-methyl/N-ethyl adjacent to an activating group) is 1. The maximum atomic E-state index is 13.1. The molecule has 4 heterocycles. The molecule has 7 N–H and O–H groups in total. The number of allylic oxidation sites excluding steroid dienone is 1. The maximum Gasteiger partial charge on any atom is 0.255 e. The Labute approximate surface area is 323 Å². The van der Waals surface area contributed by atoms with Gasteiger partial charge in [-0.3, -0.25) is 9.59 Å². The first-order chi connectivity index (χ1) is 26.7. The Hall–Kier alpha value is -5.63. The second kappa shape index (κ2) is 18.1. The fourth-order valence-corrected chi connectivity index (χ4v) is 7.88. The van der Waals surface area contributed by atoms with E-state index in [2.05, 4.69) is 31.4 Å². The summed E-state index contributed by atoms with van der Waals surface area (Å²) in [5.41, 5.74) is 18.5. The Kier molecular flexibility index (Phi) is 12.9. The molecule has 0 bridgehead atoms. The fourth-order valence-electron chi connectivity index (χ4n) is 7.88. The number of aromatic hydroxyl groups is 1. The lowest BCUT2D eigenvalue weighted by atomic mass is 9.91. The monoisotopic (exact) mass is 750 g/mol. The number of carbonyl (C=O) groups is 3. The van der Waals surface area contributed by atoms with Crippen molar-refractivity contribution >= 4 is 29.7 Å². The number of nitrogens with zero attached hydrogens (tertiary/aromatic N) is 6. The van der Waals surface area contributed by atoms with E-state index in [1.807, 2.05) is 36.7 Å². The number of piperazine rings is 1. The Balaban J connectivity index is 0.951. The van der Waals surface area contributed by atoms with Crippen LogP contribution in [0.5, 0.6) is 5.75 Å². The summed E-state index contributed by atoms with van der Waals surface area (Å²) in [4.78, 5) is 54.7. The molecular formula is C41H54N10O4. The molecule has 1 aromatic heterocycles. The molecule has 3 aliphatic heterocycles. The van der Waals surface area contributed by atoms with Crippen molar-refractivity contribution < 1.29 is 19.5 Å². The van der Waals surface area contributed by atoms with Gasteiger partial charge in [-0.2, -0.15) is 0 Å². The number of carbonyl (C=O) groups excluding carboxylic acids is 3. The maximum absolute atomic E-state index is 13.1. The van der Waals surface area contributed by atoms with E-state index in [9.17, 15) is 19.5 Å². The van der Waals surface area contributed by atoms with Gasteiger partial charge >= 0.3 is 0 Å². The zero-order chi connectivity index (χ0) is 38.9. The van der Waals surface area contributed by atoms with Gasteiger partial charge in [0.1, 0.15) is 23.9 Å². The molecular weight excluding hydrogens is 697 g/mol. The number of hydrogen-bond donors (Lipinski definition) is 5. The molecule has 0 radical (unpaired) electrons. The highest BCUT2D eigenvalue weighted by atomic mass is 16.3. The number of nitrogens with two attached hydrogens (primary N) is 2. The summed E-state index contributed by atoms with van der Waals surface area (Å²) in [5, 5.41) is 15.9. The van der Waals surface area contributed by atoms with Crippen LogP contribution in [0.2, 0.25) is 0 Å². The minimum Gasteiger partial charge on any atom is -0.507 e. The van der Waals surface area contributed by atoms with Gasteiger partial charge in [-0.05, 0) is 98.6 Å². The van der Waals surface area contributed by atoms with E-state index >= 15 is 0 Å². The third-order valence-electron chi connectivity index (χ3n) is 11.1. The standard InChI is InChI=1S/C41H54N10O4/c1-44-38(43)36(24-34(42)33-8-3-4-10-37(33)53)49-18-20-50(21-19-49)41-46-25-31(26-47-41)29-13-16-48(17-14-29)15-5-7-28-11-12-32-30(23-28)27-51(40(32)55)35(9-6-22-52)39(54)45-2/h3-4,8,10-12,22-26,29,35,44,53H,5-7,9,13-21,27,42-43H2,1-2H3,(H,45,54)/b34-24-,38-36-. The topological polar surface area (TPSA) is 186 Å². The number of aldehydes is 1. The van der Waals surface area contributed by atoms with Crippen molar-refractivity contribution in [2.24, 2.45) is 11.5 Å². The van der Waals surface area contributed by atoms with E-state index in [-0.39, 0.29) is 24.0 Å². The van der Waals surface area contributed by atoms with Crippen LogP contribution in [0, 0.1) is 0 Å². The highest BCUT2D eigenvalue weighted by Gasteiger charge is 2.36. The van der Waals surface area contributed by atoms with Gasteiger partial charge in [-0.25, -0.2) is 9.97 Å². The number of phenols is 1. The molecule has 1 unspecified atom stereocenters. The fraction of sp³-hybridized carbons (Fsp3) is 0.439. The molecule has 3 aromatic rings. The summed E-state index contributed by atoms with van der Waals surface area (Å²) in [5.74, 6) is 1.39. The Morgan fingerprint density at radius 1 is 1.00 bits per heavy atom. The minimum absolute atomic E-state index is 0.121. The van der Waals surface area contributed by atoms with Gasteiger partial charge in [0.2, 0.25) is 11.9 Å². The van der Waals surface area contributed by atoms with Gasteiger partial charge in [-0.1, -0.05) is 24.3 Å². The molecule has 292 valence electrons. The van der Waals surface area contributed by atoms with Gasteiger partial charge in [0.15, 0.2) is 0 Å². The van der Waals surface area contributed by atoms with Crippen molar-refractivity contribution in [3.63, 3.8) is 0 Å². The molecule has 14 nitrogen and oxygen atoms in total. The van der Waals surface area contributed by atoms with Crippen LogP contribution in [0.3, 0.4) is 0 Å². The van der Waals surface area contributed by atoms with E-state index in [0.29, 0.717) is 54.6 Å². The first kappa shape index (κ1) is 39.1. The summed E-state index contributed by atoms with van der Waals surface area (Å²) < 4.78 is 0. The summed E-state index contributed by atoms with van der Waals surface area (Å²) in [6.07, 6.45) is 11.2. The number of piperidine rings is 1. The summed E-state index contributed by atoms with van der Waals surface area (Å²) in [6, 6.07) is 12.4. The van der Waals surface area contributed by atoms with Gasteiger partial charge in [-0.15, -0.1) is 0 Å². The van der Waals surface area contributed by atoms with E-state index in [1.165, 1.54) is 11.1 Å². The van der Waals surface area contributed by atoms with Gasteiger partial charge < -0.3 is 51.6 Å². The average Bonchev–Trinajstić information content (AvgIpc) is 3.54. The first-order valence-corrected chi connectivity index (χ1v) is 19.3. The molecule has 0 aliphatic carbocycles. The molecule has 3 aliphatic rings. The minimum atomic E-state index is -0.652. The van der Waals surface area contributed by atoms with Crippen LogP contribution in [0.15, 0.2) is 72.5 Å². The van der Waals surface area contributed by atoms with E-state index in [1.54, 1.807) is 37.2 Å². The zero-order valence-corrected chi connectivity index (χ0v) is 31.9. The van der Waals surface area contributed by atoms with Crippen molar-refractivity contribution in [1.29, 1.82) is 0 Å². The van der Waals surface area contributed by atoms with E-state index in [0.717, 1.165) is 81.9 Å². The SMILES string of the molecule is CNC(=O)C(CCC=O)N1Cc2cc(CCCN3CCC(c4cnc(N5CCN(C(/C=C(\N)c6ccccc6O)=C(/N)NC)CC5)nc4)CC3)ccc2C1=O. The smallest absolute Gasteiger partial charge is 0.255 e. The number of aromatic nitrogens is 2. The molecule has 0 spiro atoms. The van der Waals surface area contributed by atoms with Crippen molar-refractivity contribution in [2.75, 3.05) is 64.8 Å². The number of anilines is 1. The van der Waals surface area contributed by atoms with Crippen LogP contribution in [0.25, 0.3) is 5.70 Å². The normalized spacial score (nSPS) is 17.8. The number of aryl methyl sites for hydroxylation is 1. The highest BCUT2D eigenvalue weighted by molar-refractivity contribution is 6.01. The molecule has 2 fully saturated rings. The second-order valence-electron chi connectivity index (χ2n) is 14.5. The molecule has 6 rings (SSSR count). The number of fused-ring (bicyclic) bond motifs is 1. The van der Waals surface area contributed by atoms with Crippen LogP contribution >= 0.6 is 0 Å². The quantitative estimate of drug-likeness (QED) is 0.113. The highest BCUT2D eigenvalue weighted by Crippen LogP contribution is 2.30. The molecule has 2 saturated heterocycles. The van der Waals surface area contributed by atoms with Gasteiger partial charge in [0, 0.05) is 82.5 Å². The number of hydrogen-bond acceptors (Lipinski definition) is 12. The van der Waals surface area contributed by atoms with E-state index < -0.39 is 6.04 Å². The Bertz CT molecular complexity index is 1880. The number of amides is 2. The van der Waals surface area contributed by atoms with Crippen LogP contribution in [-0.4, -0.2) is 114 Å². The van der Waals surface area contributed by atoms with Crippen LogP contribution < -0.4 is 27.0 Å². The molecule has 0 saturated carbocycles. The van der Waals surface area contributed by atoms with Crippen LogP contribution in [0.1, 0.15) is 70.6 Å². The lowest BCUT2D eigenvalue weighted by molar-refractivity contribution is -0.125. The zero-order valence-electron chi connectivity index (χ0n) is 31.9. The number of nitrogens with one attached hydrogen (secondary N) is 2. The molecule has 1 atom stereocenters. The van der Waals surface area contributed by atoms with Crippen molar-refractivity contribution in [3.8, 4) is 5.75 Å². The number of likely N-dealkylation sites (tertiary alicyclic amines) is 1. The summed E-state index contributed by atoms with van der Waals surface area (Å²) in [7, 11) is 3.33. The first-order valence-electron chi connectivity index (χ1n) is 19.3. The van der Waals surface area contributed by atoms with Gasteiger partial charge in [0.05, 0.1) is 5.70 Å². The Morgan fingerprint density at radius 3 is 2.40 bits per heavy atom. The third-order valence-corrected chi connectivity index (χ3v) is 11.1. The van der Waals surface area contributed by atoms with Crippen molar-refractivity contribution in [1.82, 2.24) is 35.3 Å². The van der Waals surface area contributed by atoms with Crippen LogP contribution in [-0.2, 0) is 22.6 Å². The largest absolute Gasteiger partial charge is 0.507 e. The average molecular weight is 751 g/mol. The number of para-hydroxylation sites is 1. The lowest BCUT2D eigenvalue weighted by Gasteiger charge is -2.37. The molecule has 55 heavy (non-hydrogen) atoms. The third kappa shape index (κ3) is 9.19. The molecule has 2 aromatic carbocycles. The summed E-state index contributed by atoms with van der Waals surface area (Å²) >= 11 is 0. The van der Waals surface area contributed by atoms with Crippen molar-refractivity contribution in [3.05, 3.63) is 100 Å². The molecule has 2 amide bonds. The second-order valence-corrected chi connectivity index (χ2v) is 14.5. The number of rotatable bonds is 15. The van der Waals surface area contributed by atoms with Crippen LogP contribution in [0.4, 0.5) is 5.95 Å².